The van der Waals surface area contributed by atoms with Crippen molar-refractivity contribution in [2.45, 2.75) is 26.2 Å². The molecule has 0 atom stereocenters. The molecular weight excluding hydrogens is 378 g/mol. The van der Waals surface area contributed by atoms with Gasteiger partial charge in [-0.3, -0.25) is 15.0 Å². The van der Waals surface area contributed by atoms with E-state index in [1.54, 1.807) is 0 Å². The molecule has 3 heterocycles. The van der Waals surface area contributed by atoms with E-state index in [4.69, 9.17) is 4.52 Å². The van der Waals surface area contributed by atoms with E-state index in [-0.39, 0.29) is 24.3 Å². The van der Waals surface area contributed by atoms with Gasteiger partial charge < -0.3 is 4.52 Å². The maximum absolute atomic E-state index is 12.5. The average molecular weight is 395 g/mol. The van der Waals surface area contributed by atoms with Gasteiger partial charge in [0.05, 0.1) is 5.39 Å². The lowest BCUT2D eigenvalue weighted by Gasteiger charge is -2.06. The molecule has 142 valence electrons. The van der Waals surface area contributed by atoms with Crippen LogP contribution >= 0.6 is 11.3 Å². The van der Waals surface area contributed by atoms with Gasteiger partial charge in [0.15, 0.2) is 0 Å². The molecule has 0 bridgehead atoms. The molecule has 1 N–H and O–H groups in total. The second kappa shape index (κ2) is 7.73. The lowest BCUT2D eigenvalue weighted by Crippen LogP contribution is -2.33. The van der Waals surface area contributed by atoms with Crippen LogP contribution in [-0.4, -0.2) is 25.7 Å². The fraction of sp³-hybridized carbons (Fsp3) is 0.211. The molecule has 0 fully saturated rings. The SMILES string of the molecule is CCc1cc2c(=O)n(NC(=O)CCc3nc(-c4ccccc4)no3)cnc2s1. The first-order valence-corrected chi connectivity index (χ1v) is 9.63. The van der Waals surface area contributed by atoms with Gasteiger partial charge in [-0.05, 0) is 12.5 Å². The number of nitrogens with one attached hydrogen (secondary N) is 1. The maximum Gasteiger partial charge on any atom is 0.280 e. The van der Waals surface area contributed by atoms with E-state index >= 15 is 0 Å². The molecule has 0 radical (unpaired) electrons. The summed E-state index contributed by atoms with van der Waals surface area (Å²) in [5.74, 6) is 0.500. The van der Waals surface area contributed by atoms with E-state index in [0.29, 0.717) is 21.9 Å². The number of hydrogen-bond donors (Lipinski definition) is 1. The molecule has 0 aliphatic heterocycles. The fourth-order valence-corrected chi connectivity index (χ4v) is 3.62. The number of carbonyl (C=O) groups is 1. The molecule has 0 aliphatic rings. The molecule has 8 nitrogen and oxygen atoms in total. The number of amides is 1. The molecule has 0 saturated heterocycles. The van der Waals surface area contributed by atoms with Gasteiger partial charge >= 0.3 is 0 Å². The topological polar surface area (TPSA) is 103 Å². The Kier molecular flexibility index (Phi) is 4.98. The summed E-state index contributed by atoms with van der Waals surface area (Å²) in [6.07, 6.45) is 2.54. The van der Waals surface area contributed by atoms with Crippen LogP contribution in [0.3, 0.4) is 0 Å². The molecule has 1 amide bonds. The molecule has 4 rings (SSSR count). The molecule has 9 heteroatoms. The predicted octanol–water partition coefficient (Wildman–Crippen LogP) is 2.77. The van der Waals surface area contributed by atoms with Crippen molar-refractivity contribution in [1.82, 2.24) is 19.8 Å². The quantitative estimate of drug-likeness (QED) is 0.538. The first-order chi connectivity index (χ1) is 13.6. The standard InChI is InChI=1S/C19H17N5O3S/c1-2-13-10-14-18(28-13)20-11-24(19(14)26)22-15(25)8-9-16-21-17(23-27-16)12-6-4-3-5-7-12/h3-7,10-11H,2,8-9H2,1H3,(H,22,25). The van der Waals surface area contributed by atoms with E-state index in [2.05, 4.69) is 20.6 Å². The average Bonchev–Trinajstić information content (AvgIpc) is 3.36. The Labute approximate surface area is 163 Å². The molecular formula is C19H17N5O3S. The maximum atomic E-state index is 12.5. The zero-order chi connectivity index (χ0) is 19.5. The van der Waals surface area contributed by atoms with Crippen molar-refractivity contribution < 1.29 is 9.32 Å². The zero-order valence-electron chi connectivity index (χ0n) is 15.1. The largest absolute Gasteiger partial charge is 0.339 e. The summed E-state index contributed by atoms with van der Waals surface area (Å²) >= 11 is 1.48. The van der Waals surface area contributed by atoms with Gasteiger partial charge in [-0.15, -0.1) is 11.3 Å². The monoisotopic (exact) mass is 395 g/mol. The lowest BCUT2D eigenvalue weighted by molar-refractivity contribution is -0.117. The van der Waals surface area contributed by atoms with Crippen molar-refractivity contribution in [2.24, 2.45) is 0 Å². The Morgan fingerprint density at radius 3 is 2.89 bits per heavy atom. The Balaban J connectivity index is 1.41. The summed E-state index contributed by atoms with van der Waals surface area (Å²) < 4.78 is 6.31. The number of aromatic nitrogens is 4. The smallest absolute Gasteiger partial charge is 0.280 e. The van der Waals surface area contributed by atoms with Crippen LogP contribution < -0.4 is 11.0 Å². The van der Waals surface area contributed by atoms with Gasteiger partial charge in [-0.2, -0.15) is 4.98 Å². The van der Waals surface area contributed by atoms with Crippen LogP contribution in [0.4, 0.5) is 0 Å². The summed E-state index contributed by atoms with van der Waals surface area (Å²) in [6.45, 7) is 2.02. The summed E-state index contributed by atoms with van der Waals surface area (Å²) in [7, 11) is 0. The summed E-state index contributed by atoms with van der Waals surface area (Å²) in [5.41, 5.74) is 3.11. The fourth-order valence-electron chi connectivity index (χ4n) is 2.70. The van der Waals surface area contributed by atoms with Crippen molar-refractivity contribution in [3.8, 4) is 11.4 Å². The van der Waals surface area contributed by atoms with Crippen molar-refractivity contribution in [1.29, 1.82) is 0 Å². The van der Waals surface area contributed by atoms with Crippen molar-refractivity contribution in [3.05, 3.63) is 63.8 Å². The number of nitrogens with zero attached hydrogens (tertiary/aromatic N) is 4. The Morgan fingerprint density at radius 2 is 2.11 bits per heavy atom. The van der Waals surface area contributed by atoms with Crippen LogP contribution in [0.5, 0.6) is 0 Å². The third kappa shape index (κ3) is 3.70. The van der Waals surface area contributed by atoms with Gasteiger partial charge in [0, 0.05) is 23.3 Å². The number of rotatable bonds is 6. The molecule has 3 aromatic heterocycles. The number of carbonyl (C=O) groups excluding carboxylic acids is 1. The second-order valence-corrected chi connectivity index (χ2v) is 7.23. The molecule has 0 saturated carbocycles. The van der Waals surface area contributed by atoms with Gasteiger partial charge in [0.2, 0.25) is 17.6 Å². The first-order valence-electron chi connectivity index (χ1n) is 8.82. The lowest BCUT2D eigenvalue weighted by atomic mass is 10.2. The molecule has 4 aromatic rings. The Bertz CT molecular complexity index is 1180. The van der Waals surface area contributed by atoms with Crippen LogP contribution in [0.2, 0.25) is 0 Å². The number of fused-ring (bicyclic) bond motifs is 1. The third-order valence-electron chi connectivity index (χ3n) is 4.16. The highest BCUT2D eigenvalue weighted by Crippen LogP contribution is 2.20. The highest BCUT2D eigenvalue weighted by molar-refractivity contribution is 7.18. The Morgan fingerprint density at radius 1 is 1.29 bits per heavy atom. The number of aryl methyl sites for hydroxylation is 2. The highest BCUT2D eigenvalue weighted by Gasteiger charge is 2.13. The number of hydrogen-bond acceptors (Lipinski definition) is 7. The predicted molar refractivity (Wildman–Crippen MR) is 106 cm³/mol. The third-order valence-corrected chi connectivity index (χ3v) is 5.35. The van der Waals surface area contributed by atoms with Crippen LogP contribution in [0.1, 0.15) is 24.1 Å². The van der Waals surface area contributed by atoms with Gasteiger partial charge in [0.1, 0.15) is 11.2 Å². The summed E-state index contributed by atoms with van der Waals surface area (Å²) in [5, 5.41) is 4.43. The number of thiophene rings is 1. The van der Waals surface area contributed by atoms with Gasteiger partial charge in [-0.25, -0.2) is 9.66 Å². The van der Waals surface area contributed by atoms with Gasteiger partial charge in [0.25, 0.3) is 5.56 Å². The second-order valence-electron chi connectivity index (χ2n) is 6.12. The van der Waals surface area contributed by atoms with Crippen molar-refractivity contribution in [2.75, 3.05) is 5.43 Å². The van der Waals surface area contributed by atoms with Crippen LogP contribution in [-0.2, 0) is 17.6 Å². The Hall–Kier alpha value is -3.33. The van der Waals surface area contributed by atoms with E-state index < -0.39 is 0 Å². The first kappa shape index (κ1) is 18.1. The van der Waals surface area contributed by atoms with E-state index in [0.717, 1.165) is 21.5 Å². The van der Waals surface area contributed by atoms with Crippen molar-refractivity contribution >= 4 is 27.5 Å². The van der Waals surface area contributed by atoms with Crippen LogP contribution in [0, 0.1) is 0 Å². The van der Waals surface area contributed by atoms with Crippen molar-refractivity contribution in [3.63, 3.8) is 0 Å². The van der Waals surface area contributed by atoms with E-state index in [1.165, 1.54) is 17.7 Å². The minimum atomic E-state index is -0.339. The molecule has 28 heavy (non-hydrogen) atoms. The highest BCUT2D eigenvalue weighted by atomic mass is 32.1. The summed E-state index contributed by atoms with van der Waals surface area (Å²) in [6, 6.07) is 11.3. The van der Waals surface area contributed by atoms with Crippen LogP contribution in [0.25, 0.3) is 21.6 Å². The normalized spacial score (nSPS) is 11.0. The minimum Gasteiger partial charge on any atom is -0.339 e. The molecule has 0 unspecified atom stereocenters. The van der Waals surface area contributed by atoms with E-state index in [1.807, 2.05) is 43.3 Å². The number of benzene rings is 1. The van der Waals surface area contributed by atoms with Crippen LogP contribution in [0.15, 0.2) is 52.0 Å². The minimum absolute atomic E-state index is 0.102. The van der Waals surface area contributed by atoms with Gasteiger partial charge in [-0.1, -0.05) is 42.4 Å². The molecule has 1 aromatic carbocycles. The molecule has 0 aliphatic carbocycles. The molecule has 0 spiro atoms. The summed E-state index contributed by atoms with van der Waals surface area (Å²) in [4.78, 5) is 35.0. The zero-order valence-corrected chi connectivity index (χ0v) is 15.9. The van der Waals surface area contributed by atoms with E-state index in [9.17, 15) is 9.59 Å².